The second-order valence-electron chi connectivity index (χ2n) is 9.37. The van der Waals surface area contributed by atoms with Gasteiger partial charge in [-0.3, -0.25) is 19.3 Å². The maximum atomic E-state index is 13.1. The van der Waals surface area contributed by atoms with E-state index in [-0.39, 0.29) is 30.1 Å². The number of rotatable bonds is 6. The number of allylic oxidation sites excluding steroid dienone is 2. The van der Waals surface area contributed by atoms with Crippen LogP contribution in [0.5, 0.6) is 0 Å². The largest absolute Gasteiger partial charge is 0.493 e. The zero-order chi connectivity index (χ0) is 24.0. The van der Waals surface area contributed by atoms with E-state index in [0.717, 1.165) is 53.0 Å². The highest BCUT2D eigenvalue weighted by atomic mass is 16.5. The van der Waals surface area contributed by atoms with Gasteiger partial charge in [-0.15, -0.1) is 0 Å². The minimum atomic E-state index is -0.344. The number of ether oxygens (including phenoxy) is 1. The molecule has 5 rings (SSSR count). The van der Waals surface area contributed by atoms with E-state index in [1.165, 1.54) is 0 Å². The zero-order valence-corrected chi connectivity index (χ0v) is 19.8. The van der Waals surface area contributed by atoms with Crippen LogP contribution in [0, 0.1) is 0 Å². The van der Waals surface area contributed by atoms with Gasteiger partial charge in [-0.05, 0) is 54.6 Å². The summed E-state index contributed by atoms with van der Waals surface area (Å²) in [6.07, 6.45) is 5.80. The van der Waals surface area contributed by atoms with Gasteiger partial charge in [-0.1, -0.05) is 13.8 Å². The maximum Gasteiger partial charge on any atom is 0.326 e. The number of piperidine rings is 1. The van der Waals surface area contributed by atoms with Crippen molar-refractivity contribution in [1.82, 2.24) is 24.9 Å². The summed E-state index contributed by atoms with van der Waals surface area (Å²) in [5.74, 6) is 1.34. The average Bonchev–Trinajstić information content (AvgIpc) is 3.40. The fourth-order valence-corrected chi connectivity index (χ4v) is 5.21. The second kappa shape index (κ2) is 8.77. The minimum absolute atomic E-state index is 0.0123. The number of carbonyl (C=O) groups excluding carboxylic acids is 1. The van der Waals surface area contributed by atoms with Gasteiger partial charge in [-0.2, -0.15) is 0 Å². The van der Waals surface area contributed by atoms with Crippen LogP contribution in [0.1, 0.15) is 49.8 Å². The molecule has 1 amide bonds. The number of likely N-dealkylation sites (tertiary alicyclic amines) is 1. The van der Waals surface area contributed by atoms with Crippen LogP contribution in [0.3, 0.4) is 0 Å². The lowest BCUT2D eigenvalue weighted by atomic mass is 9.91. The third-order valence-electron chi connectivity index (χ3n) is 6.74. The molecule has 1 aromatic carbocycles. The number of carbonyl (C=O) groups is 1. The molecule has 1 unspecified atom stereocenters. The van der Waals surface area contributed by atoms with Crippen molar-refractivity contribution in [3.8, 4) is 0 Å². The van der Waals surface area contributed by atoms with Crippen LogP contribution in [0.2, 0.25) is 0 Å². The van der Waals surface area contributed by atoms with Gasteiger partial charge in [0, 0.05) is 18.3 Å². The van der Waals surface area contributed by atoms with Crippen LogP contribution in [0.15, 0.2) is 40.0 Å². The Bertz CT molecular complexity index is 1280. The summed E-state index contributed by atoms with van der Waals surface area (Å²) in [5, 5.41) is 1.88. The average molecular weight is 466 g/mol. The van der Waals surface area contributed by atoms with Crippen molar-refractivity contribution >= 4 is 28.3 Å². The molecule has 1 atom stereocenters. The van der Waals surface area contributed by atoms with Crippen molar-refractivity contribution in [3.63, 3.8) is 0 Å². The summed E-state index contributed by atoms with van der Waals surface area (Å²) < 4.78 is 7.45. The zero-order valence-electron chi connectivity index (χ0n) is 19.8. The Morgan fingerprint density at radius 3 is 2.91 bits per heavy atom. The van der Waals surface area contributed by atoms with Crippen LogP contribution >= 0.6 is 0 Å². The molecule has 2 aromatic rings. The number of primary amides is 1. The van der Waals surface area contributed by atoms with Gasteiger partial charge in [0.1, 0.15) is 6.67 Å². The molecule has 4 heterocycles. The third-order valence-corrected chi connectivity index (χ3v) is 6.74. The molecule has 0 spiro atoms. The normalized spacial score (nSPS) is 20.9. The summed E-state index contributed by atoms with van der Waals surface area (Å²) in [5.41, 5.74) is 13.3. The minimum Gasteiger partial charge on any atom is -0.493 e. The van der Waals surface area contributed by atoms with Gasteiger partial charge in [0.25, 0.3) is 0 Å². The number of nitrogens with one attached hydrogen (secondary N) is 2. The number of nitrogens with zero attached hydrogens (tertiary/aromatic N) is 4. The molecule has 10 nitrogen and oxygen atoms in total. The Morgan fingerprint density at radius 2 is 2.18 bits per heavy atom. The molecule has 34 heavy (non-hydrogen) atoms. The third kappa shape index (κ3) is 3.92. The number of hydrogen-bond acceptors (Lipinski definition) is 7. The van der Waals surface area contributed by atoms with Gasteiger partial charge >= 0.3 is 5.69 Å². The number of fused-ring (bicyclic) bond motifs is 2. The van der Waals surface area contributed by atoms with Crippen LogP contribution in [-0.2, 0) is 9.53 Å². The number of amidine groups is 1. The first kappa shape index (κ1) is 22.4. The van der Waals surface area contributed by atoms with Crippen LogP contribution in [-0.4, -0.2) is 64.6 Å². The molecule has 180 valence electrons. The Balaban J connectivity index is 1.59. The number of H-pyrrole nitrogens is 1. The van der Waals surface area contributed by atoms with E-state index in [4.69, 9.17) is 10.5 Å². The predicted molar refractivity (Wildman–Crippen MR) is 131 cm³/mol. The van der Waals surface area contributed by atoms with Crippen molar-refractivity contribution in [3.05, 3.63) is 51.8 Å². The summed E-state index contributed by atoms with van der Waals surface area (Å²) >= 11 is 0. The molecule has 0 bridgehead atoms. The second-order valence-corrected chi connectivity index (χ2v) is 9.37. The molecule has 0 saturated carbocycles. The molecule has 3 aliphatic rings. The molecule has 0 radical (unpaired) electrons. The van der Waals surface area contributed by atoms with Gasteiger partial charge < -0.3 is 15.5 Å². The van der Waals surface area contributed by atoms with Crippen molar-refractivity contribution in [2.75, 3.05) is 33.4 Å². The Labute approximate surface area is 197 Å². The first-order valence-corrected chi connectivity index (χ1v) is 11.7. The molecule has 0 aliphatic carbocycles. The molecule has 3 aliphatic heterocycles. The van der Waals surface area contributed by atoms with E-state index in [1.54, 1.807) is 7.11 Å². The number of hydrogen-bond donors (Lipinski definition) is 3. The number of aliphatic imine (C=N–C) groups is 1. The summed E-state index contributed by atoms with van der Waals surface area (Å²) in [6.45, 7) is 6.46. The molecule has 1 saturated heterocycles. The quantitative estimate of drug-likeness (QED) is 0.596. The van der Waals surface area contributed by atoms with E-state index < -0.39 is 0 Å². The highest BCUT2D eigenvalue weighted by Crippen LogP contribution is 2.34. The number of hydrazine groups is 1. The highest BCUT2D eigenvalue weighted by molar-refractivity contribution is 6.03. The monoisotopic (exact) mass is 465 g/mol. The smallest absolute Gasteiger partial charge is 0.326 e. The summed E-state index contributed by atoms with van der Waals surface area (Å²) in [7, 11) is 1.64. The number of methoxy groups -OCH3 is 1. The number of imidazole rings is 1. The molecule has 4 N–H and O–H groups in total. The molecular weight excluding hydrogens is 434 g/mol. The summed E-state index contributed by atoms with van der Waals surface area (Å²) in [4.78, 5) is 34.1. The van der Waals surface area contributed by atoms with Crippen LogP contribution in [0.4, 0.5) is 0 Å². The lowest BCUT2D eigenvalue weighted by Gasteiger charge is -2.32. The number of aromatic amines is 1. The summed E-state index contributed by atoms with van der Waals surface area (Å²) in [6, 6.07) is 4.17. The lowest BCUT2D eigenvalue weighted by molar-refractivity contribution is -0.119. The Hall–Kier alpha value is -3.37. The first-order chi connectivity index (χ1) is 16.4. The van der Waals surface area contributed by atoms with E-state index in [1.807, 2.05) is 26.8 Å². The van der Waals surface area contributed by atoms with Crippen molar-refractivity contribution in [2.45, 2.75) is 38.6 Å². The number of nitrogens with two attached hydrogens (primary N) is 1. The Kier molecular flexibility index (Phi) is 5.78. The van der Waals surface area contributed by atoms with Crippen LogP contribution < -0.4 is 16.8 Å². The molecule has 10 heteroatoms. The molecule has 1 aromatic heterocycles. The van der Waals surface area contributed by atoms with Gasteiger partial charge in [-0.25, -0.2) is 15.2 Å². The van der Waals surface area contributed by atoms with Crippen molar-refractivity contribution in [1.29, 1.82) is 0 Å². The van der Waals surface area contributed by atoms with Gasteiger partial charge in [0.15, 0.2) is 11.6 Å². The van der Waals surface area contributed by atoms with Gasteiger partial charge in [0.05, 0.1) is 30.7 Å². The molecular formula is C24H31N7O3. The van der Waals surface area contributed by atoms with E-state index in [0.29, 0.717) is 19.0 Å². The topological polar surface area (TPSA) is 121 Å². The predicted octanol–water partition coefficient (Wildman–Crippen LogP) is 1.64. The first-order valence-electron chi connectivity index (χ1n) is 11.7. The number of aromatic nitrogens is 2. The van der Waals surface area contributed by atoms with Crippen molar-refractivity contribution in [2.24, 2.45) is 10.7 Å². The van der Waals surface area contributed by atoms with Gasteiger partial charge in [0.2, 0.25) is 5.91 Å². The van der Waals surface area contributed by atoms with E-state index in [9.17, 15) is 9.59 Å². The van der Waals surface area contributed by atoms with E-state index in [2.05, 4.69) is 41.4 Å². The maximum absolute atomic E-state index is 13.1. The Morgan fingerprint density at radius 1 is 1.35 bits per heavy atom. The van der Waals surface area contributed by atoms with E-state index >= 15 is 0 Å². The SMILES string of the molecule is COC1=CC(c2cc3[nH]c(=O)n(C4CCCN(CC(N)=O)C4)c3cc2C(C)C)=CN2NCN=C12. The number of amides is 1. The van der Waals surface area contributed by atoms with Crippen molar-refractivity contribution < 1.29 is 9.53 Å². The number of benzene rings is 1. The standard InChI is InChI=1S/C24H31N7O3/c1-14(2)17-9-20-19(8-18(17)15-7-21(34-3)23-26-13-27-30(23)10-15)28-24(33)31(20)16-5-4-6-29(11-16)12-22(25)32/h7-10,14,16,27H,4-6,11-13H2,1-3H3,(H2,25,32)(H,28,33). The highest BCUT2D eigenvalue weighted by Gasteiger charge is 2.28. The van der Waals surface area contributed by atoms with Crippen LogP contribution in [0.25, 0.3) is 16.6 Å². The molecule has 1 fully saturated rings. The fourth-order valence-electron chi connectivity index (χ4n) is 5.21. The fraction of sp³-hybridized carbons (Fsp3) is 0.458. The lowest BCUT2D eigenvalue weighted by Crippen LogP contribution is -2.43.